The second-order valence-corrected chi connectivity index (χ2v) is 2.92. The second kappa shape index (κ2) is 13.1. The van der Waals surface area contributed by atoms with Crippen LogP contribution >= 0.6 is 0 Å². The van der Waals surface area contributed by atoms with Gasteiger partial charge < -0.3 is 0 Å². The maximum atomic E-state index is 3.60. The highest BCUT2D eigenvalue weighted by Crippen LogP contribution is 1.94. The summed E-state index contributed by atoms with van der Waals surface area (Å²) in [5.41, 5.74) is 1.47. The minimum absolute atomic E-state index is 1.18. The van der Waals surface area contributed by atoms with Gasteiger partial charge in [-0.05, 0) is 26.7 Å². The molecular formula is C12H24. The quantitative estimate of drug-likeness (QED) is 0.420. The summed E-state index contributed by atoms with van der Waals surface area (Å²) in [7, 11) is 0. The standard InChI is InChI=1S/2C6H12/c1-4-6(3)5-2;1-3-5-6-4-2/h4H,5H2,1-3H3;3H,1,4-6H2,2H3/b6-4+;. The number of unbranched alkanes of at least 4 members (excludes halogenated alkanes) is 2. The third-order valence-electron chi connectivity index (χ3n) is 1.81. The van der Waals surface area contributed by atoms with Gasteiger partial charge in [0.1, 0.15) is 0 Å². The Labute approximate surface area is 78.4 Å². The van der Waals surface area contributed by atoms with Crippen LogP contribution in [-0.2, 0) is 0 Å². The van der Waals surface area contributed by atoms with E-state index in [-0.39, 0.29) is 0 Å². The summed E-state index contributed by atoms with van der Waals surface area (Å²) in [5.74, 6) is 0. The van der Waals surface area contributed by atoms with Crippen molar-refractivity contribution in [2.75, 3.05) is 0 Å². The van der Waals surface area contributed by atoms with Gasteiger partial charge in [-0.3, -0.25) is 0 Å². The molecule has 0 saturated heterocycles. The molecular weight excluding hydrogens is 144 g/mol. The third kappa shape index (κ3) is 16.2. The number of hydrogen-bond donors (Lipinski definition) is 0. The van der Waals surface area contributed by atoms with Gasteiger partial charge in [-0.25, -0.2) is 0 Å². The van der Waals surface area contributed by atoms with Gasteiger partial charge in [0.25, 0.3) is 0 Å². The Kier molecular flexibility index (Phi) is 15.3. The van der Waals surface area contributed by atoms with Gasteiger partial charge in [0.15, 0.2) is 0 Å². The van der Waals surface area contributed by atoms with Gasteiger partial charge in [0.2, 0.25) is 0 Å². The predicted octanol–water partition coefficient (Wildman–Crippen LogP) is 4.73. The van der Waals surface area contributed by atoms with E-state index in [1.165, 1.54) is 31.3 Å². The van der Waals surface area contributed by atoms with Crippen LogP contribution in [0.1, 0.15) is 53.4 Å². The third-order valence-corrected chi connectivity index (χ3v) is 1.81. The highest BCUT2D eigenvalue weighted by molar-refractivity contribution is 4.93. The highest BCUT2D eigenvalue weighted by atomic mass is 13.8. The molecule has 0 aliphatic heterocycles. The molecule has 0 nitrogen and oxygen atoms in total. The van der Waals surface area contributed by atoms with Crippen molar-refractivity contribution in [1.29, 1.82) is 0 Å². The number of rotatable bonds is 4. The first-order valence-corrected chi connectivity index (χ1v) is 4.95. The van der Waals surface area contributed by atoms with E-state index in [1.54, 1.807) is 0 Å². The molecule has 0 heteroatoms. The zero-order valence-corrected chi connectivity index (χ0v) is 9.19. The minimum Gasteiger partial charge on any atom is -0.103 e. The minimum atomic E-state index is 1.18. The van der Waals surface area contributed by atoms with E-state index in [0.29, 0.717) is 0 Å². The van der Waals surface area contributed by atoms with Crippen molar-refractivity contribution in [2.45, 2.75) is 53.4 Å². The molecule has 0 unspecified atom stereocenters. The van der Waals surface area contributed by atoms with Gasteiger partial charge in [-0.15, -0.1) is 6.58 Å². The van der Waals surface area contributed by atoms with Crippen molar-refractivity contribution in [3.63, 3.8) is 0 Å². The fourth-order valence-corrected chi connectivity index (χ4v) is 0.553. The summed E-state index contributed by atoms with van der Waals surface area (Å²) in [6.45, 7) is 12.2. The molecule has 0 bridgehead atoms. The molecule has 72 valence electrons. The molecule has 0 aromatic carbocycles. The van der Waals surface area contributed by atoms with E-state index in [1.807, 2.05) is 6.08 Å². The molecule has 0 radical (unpaired) electrons. The van der Waals surface area contributed by atoms with E-state index in [0.717, 1.165) is 0 Å². The summed E-state index contributed by atoms with van der Waals surface area (Å²) in [6.07, 6.45) is 9.05. The van der Waals surface area contributed by atoms with E-state index in [2.05, 4.69) is 40.3 Å². The molecule has 0 amide bonds. The van der Waals surface area contributed by atoms with Gasteiger partial charge >= 0.3 is 0 Å². The predicted molar refractivity (Wildman–Crippen MR) is 59.4 cm³/mol. The Bertz CT molecular complexity index is 109. The molecule has 0 heterocycles. The average Bonchev–Trinajstić information content (AvgIpc) is 2.14. The van der Waals surface area contributed by atoms with Crippen LogP contribution < -0.4 is 0 Å². The monoisotopic (exact) mass is 168 g/mol. The first-order valence-electron chi connectivity index (χ1n) is 4.95. The maximum absolute atomic E-state index is 3.60. The van der Waals surface area contributed by atoms with E-state index >= 15 is 0 Å². The van der Waals surface area contributed by atoms with Crippen molar-refractivity contribution in [3.05, 3.63) is 24.3 Å². The van der Waals surface area contributed by atoms with Crippen LogP contribution in [0.4, 0.5) is 0 Å². The van der Waals surface area contributed by atoms with Crippen LogP contribution in [0.15, 0.2) is 24.3 Å². The molecule has 0 aromatic rings. The van der Waals surface area contributed by atoms with Gasteiger partial charge in [-0.1, -0.05) is 44.4 Å². The zero-order valence-electron chi connectivity index (χ0n) is 9.19. The van der Waals surface area contributed by atoms with Crippen molar-refractivity contribution in [2.24, 2.45) is 0 Å². The molecule has 0 aliphatic carbocycles. The summed E-state index contributed by atoms with van der Waals surface area (Å²) in [5, 5.41) is 0. The maximum Gasteiger partial charge on any atom is -0.0352 e. The topological polar surface area (TPSA) is 0 Å². The van der Waals surface area contributed by atoms with Crippen LogP contribution in [0.2, 0.25) is 0 Å². The lowest BCUT2D eigenvalue weighted by molar-refractivity contribution is 0.816. The first-order chi connectivity index (χ1) is 5.72. The molecule has 0 saturated carbocycles. The van der Waals surface area contributed by atoms with E-state index in [9.17, 15) is 0 Å². The smallest absolute Gasteiger partial charge is 0.0352 e. The van der Waals surface area contributed by atoms with Crippen LogP contribution in [-0.4, -0.2) is 0 Å². The molecule has 0 aromatic heterocycles. The Morgan fingerprint density at radius 2 is 1.92 bits per heavy atom. The first kappa shape index (κ1) is 14.0. The largest absolute Gasteiger partial charge is 0.103 e. The van der Waals surface area contributed by atoms with E-state index in [4.69, 9.17) is 0 Å². The summed E-state index contributed by atoms with van der Waals surface area (Å²) in [6, 6.07) is 0. The number of hydrogen-bond acceptors (Lipinski definition) is 0. The fraction of sp³-hybridized carbons (Fsp3) is 0.667. The molecule has 0 fully saturated rings. The van der Waals surface area contributed by atoms with Gasteiger partial charge in [-0.2, -0.15) is 0 Å². The van der Waals surface area contributed by atoms with Crippen molar-refractivity contribution in [3.8, 4) is 0 Å². The highest BCUT2D eigenvalue weighted by Gasteiger charge is 1.73. The van der Waals surface area contributed by atoms with Crippen molar-refractivity contribution >= 4 is 0 Å². The zero-order chi connectivity index (χ0) is 9.82. The molecule has 0 spiro atoms. The second-order valence-electron chi connectivity index (χ2n) is 2.92. The molecule has 0 aliphatic rings. The lowest BCUT2D eigenvalue weighted by Crippen LogP contribution is -1.63. The average molecular weight is 168 g/mol. The molecule has 0 atom stereocenters. The lowest BCUT2D eigenvalue weighted by Gasteiger charge is -1.85. The lowest BCUT2D eigenvalue weighted by atomic mass is 10.2. The van der Waals surface area contributed by atoms with Crippen molar-refractivity contribution in [1.82, 2.24) is 0 Å². The van der Waals surface area contributed by atoms with Gasteiger partial charge in [0, 0.05) is 0 Å². The van der Waals surface area contributed by atoms with Crippen molar-refractivity contribution < 1.29 is 0 Å². The molecule has 0 N–H and O–H groups in total. The Morgan fingerprint density at radius 3 is 2.00 bits per heavy atom. The van der Waals surface area contributed by atoms with Crippen LogP contribution in [0.5, 0.6) is 0 Å². The molecule has 12 heavy (non-hydrogen) atoms. The van der Waals surface area contributed by atoms with Crippen LogP contribution in [0.3, 0.4) is 0 Å². The number of allylic oxidation sites excluding steroid dienone is 3. The summed E-state index contributed by atoms with van der Waals surface area (Å²) < 4.78 is 0. The Balaban J connectivity index is 0. The summed E-state index contributed by atoms with van der Waals surface area (Å²) in [4.78, 5) is 0. The van der Waals surface area contributed by atoms with E-state index < -0.39 is 0 Å². The SMILES string of the molecule is C/C=C(\C)CC.C=CCCCC. The van der Waals surface area contributed by atoms with Gasteiger partial charge in [0.05, 0.1) is 0 Å². The Hall–Kier alpha value is -0.520. The van der Waals surface area contributed by atoms with Crippen LogP contribution in [0, 0.1) is 0 Å². The Morgan fingerprint density at radius 1 is 1.33 bits per heavy atom. The van der Waals surface area contributed by atoms with Crippen LogP contribution in [0.25, 0.3) is 0 Å². The normalized spacial score (nSPS) is 10.2. The molecule has 0 rings (SSSR count). The fourth-order valence-electron chi connectivity index (χ4n) is 0.553. The summed E-state index contributed by atoms with van der Waals surface area (Å²) >= 11 is 0.